The van der Waals surface area contributed by atoms with Crippen LogP contribution in [0.15, 0.2) is 85.2 Å². The molecular formula is C27H25FN4O2. The van der Waals surface area contributed by atoms with Crippen LogP contribution < -0.4 is 4.74 Å². The van der Waals surface area contributed by atoms with Crippen LogP contribution in [-0.4, -0.2) is 38.7 Å². The zero-order valence-corrected chi connectivity index (χ0v) is 18.7. The highest BCUT2D eigenvalue weighted by Crippen LogP contribution is 2.29. The molecule has 1 aliphatic heterocycles. The minimum atomic E-state index is -0.358. The predicted octanol–water partition coefficient (Wildman–Crippen LogP) is 5.28. The first-order valence-corrected chi connectivity index (χ1v) is 11.4. The maximum atomic E-state index is 13.5. The first kappa shape index (κ1) is 21.8. The number of carbonyl (C=O) groups is 1. The van der Waals surface area contributed by atoms with E-state index in [-0.39, 0.29) is 17.6 Å². The van der Waals surface area contributed by atoms with Gasteiger partial charge in [-0.15, -0.1) is 0 Å². The molecule has 0 saturated carbocycles. The number of hydrogen-bond acceptors (Lipinski definition) is 4. The van der Waals surface area contributed by atoms with Crippen molar-refractivity contribution in [3.8, 4) is 11.6 Å². The molecule has 4 aromatic rings. The van der Waals surface area contributed by atoms with Gasteiger partial charge in [-0.2, -0.15) is 5.10 Å². The summed E-state index contributed by atoms with van der Waals surface area (Å²) in [5, 5.41) is 4.27. The fourth-order valence-corrected chi connectivity index (χ4v) is 4.37. The Kier molecular flexibility index (Phi) is 6.33. The first-order chi connectivity index (χ1) is 16.7. The number of likely N-dealkylation sites (tertiary alicyclic amines) is 1. The molecule has 7 heteroatoms. The number of ether oxygens (including phenoxy) is 1. The van der Waals surface area contributed by atoms with Gasteiger partial charge >= 0.3 is 0 Å². The van der Waals surface area contributed by atoms with E-state index in [1.807, 2.05) is 58.2 Å². The van der Waals surface area contributed by atoms with Gasteiger partial charge in [0.2, 0.25) is 5.88 Å². The molecule has 0 radical (unpaired) electrons. The normalized spacial score (nSPS) is 15.8. The van der Waals surface area contributed by atoms with Crippen molar-refractivity contribution in [1.29, 1.82) is 0 Å². The number of nitrogens with zero attached hydrogens (tertiary/aromatic N) is 4. The van der Waals surface area contributed by atoms with Gasteiger partial charge in [0.25, 0.3) is 5.91 Å². The number of halogens is 1. The molecule has 1 amide bonds. The van der Waals surface area contributed by atoms with Crippen LogP contribution in [0.2, 0.25) is 0 Å². The number of benzene rings is 2. The van der Waals surface area contributed by atoms with Crippen LogP contribution in [0.5, 0.6) is 11.6 Å². The molecule has 0 unspecified atom stereocenters. The minimum Gasteiger partial charge on any atom is -0.439 e. The van der Waals surface area contributed by atoms with Gasteiger partial charge in [-0.1, -0.05) is 30.3 Å². The van der Waals surface area contributed by atoms with Crippen LogP contribution in [0.25, 0.3) is 0 Å². The van der Waals surface area contributed by atoms with E-state index < -0.39 is 0 Å². The first-order valence-electron chi connectivity index (χ1n) is 11.4. The molecule has 1 aliphatic rings. The van der Waals surface area contributed by atoms with Crippen LogP contribution in [0.4, 0.5) is 4.39 Å². The monoisotopic (exact) mass is 456 g/mol. The Morgan fingerprint density at radius 1 is 1.06 bits per heavy atom. The molecule has 1 saturated heterocycles. The molecule has 1 fully saturated rings. The van der Waals surface area contributed by atoms with Crippen molar-refractivity contribution in [3.05, 3.63) is 108 Å². The number of pyridine rings is 1. The molecule has 5 rings (SSSR count). The van der Waals surface area contributed by atoms with E-state index in [0.29, 0.717) is 36.8 Å². The lowest BCUT2D eigenvalue weighted by atomic mass is 9.93. The minimum absolute atomic E-state index is 0.0274. The summed E-state index contributed by atoms with van der Waals surface area (Å²) in [4.78, 5) is 20.1. The Bertz CT molecular complexity index is 1280. The quantitative estimate of drug-likeness (QED) is 0.396. The van der Waals surface area contributed by atoms with Crippen LogP contribution in [-0.2, 0) is 6.54 Å². The zero-order chi connectivity index (χ0) is 23.3. The molecule has 34 heavy (non-hydrogen) atoms. The lowest BCUT2D eigenvalue weighted by Crippen LogP contribution is -2.39. The second kappa shape index (κ2) is 9.87. The third kappa shape index (κ3) is 4.98. The van der Waals surface area contributed by atoms with E-state index in [1.54, 1.807) is 24.4 Å². The molecule has 0 N–H and O–H groups in total. The lowest BCUT2D eigenvalue weighted by Gasteiger charge is -2.33. The molecule has 2 aromatic heterocycles. The molecule has 172 valence electrons. The summed E-state index contributed by atoms with van der Waals surface area (Å²) in [7, 11) is 0. The van der Waals surface area contributed by atoms with Crippen LogP contribution in [0, 0.1) is 5.82 Å². The van der Waals surface area contributed by atoms with Gasteiger partial charge in [-0.05, 0) is 48.7 Å². The predicted molar refractivity (Wildman–Crippen MR) is 126 cm³/mol. The third-order valence-electron chi connectivity index (χ3n) is 6.03. The Hall–Kier alpha value is -4.00. The SMILES string of the molecule is O=C(c1ccccc1Cn1cccn1)N1CCC[C@@H](c2cccc(Oc3cccc(F)c3)n2)C1. The van der Waals surface area contributed by atoms with Crippen molar-refractivity contribution in [3.63, 3.8) is 0 Å². The van der Waals surface area contributed by atoms with Gasteiger partial charge < -0.3 is 9.64 Å². The standard InChI is InChI=1S/C27H25FN4O2/c28-22-9-3-10-23(17-22)34-26-13-4-12-25(30-26)21-8-5-15-31(18-21)27(33)24-11-2-1-7-20(24)19-32-16-6-14-29-32/h1-4,6-7,9-14,16-17,21H,5,8,15,18-19H2/t21-/m1/s1. The van der Waals surface area contributed by atoms with Crippen molar-refractivity contribution in [1.82, 2.24) is 19.7 Å². The average molecular weight is 457 g/mol. The van der Waals surface area contributed by atoms with Crippen LogP contribution in [0.1, 0.15) is 40.4 Å². The largest absolute Gasteiger partial charge is 0.439 e. The summed E-state index contributed by atoms with van der Waals surface area (Å²) >= 11 is 0. The smallest absolute Gasteiger partial charge is 0.254 e. The summed E-state index contributed by atoms with van der Waals surface area (Å²) in [5.41, 5.74) is 2.52. The second-order valence-corrected chi connectivity index (χ2v) is 8.41. The van der Waals surface area contributed by atoms with E-state index >= 15 is 0 Å². The van der Waals surface area contributed by atoms with Crippen molar-refractivity contribution in [2.75, 3.05) is 13.1 Å². The summed E-state index contributed by atoms with van der Waals surface area (Å²) in [6.45, 7) is 1.85. The van der Waals surface area contributed by atoms with E-state index in [9.17, 15) is 9.18 Å². The molecule has 2 aromatic carbocycles. The topological polar surface area (TPSA) is 60.2 Å². The number of piperidine rings is 1. The highest BCUT2D eigenvalue weighted by Gasteiger charge is 2.27. The Labute approximate surface area is 197 Å². The fraction of sp³-hybridized carbons (Fsp3) is 0.222. The Morgan fingerprint density at radius 3 is 2.79 bits per heavy atom. The van der Waals surface area contributed by atoms with Gasteiger partial charge in [-0.3, -0.25) is 9.48 Å². The number of amides is 1. The molecule has 0 aliphatic carbocycles. The highest BCUT2D eigenvalue weighted by molar-refractivity contribution is 5.95. The van der Waals surface area contributed by atoms with E-state index in [4.69, 9.17) is 4.74 Å². The summed E-state index contributed by atoms with van der Waals surface area (Å²) in [5.74, 6) is 0.588. The van der Waals surface area contributed by atoms with E-state index in [1.165, 1.54) is 12.1 Å². The van der Waals surface area contributed by atoms with E-state index in [0.717, 1.165) is 24.1 Å². The number of hydrogen-bond donors (Lipinski definition) is 0. The van der Waals surface area contributed by atoms with Gasteiger partial charge in [0.05, 0.1) is 6.54 Å². The van der Waals surface area contributed by atoms with Crippen molar-refractivity contribution < 1.29 is 13.9 Å². The average Bonchev–Trinajstić information content (AvgIpc) is 3.37. The maximum Gasteiger partial charge on any atom is 0.254 e. The summed E-state index contributed by atoms with van der Waals surface area (Å²) in [6.07, 6.45) is 5.46. The fourth-order valence-electron chi connectivity index (χ4n) is 4.37. The van der Waals surface area contributed by atoms with Crippen molar-refractivity contribution >= 4 is 5.91 Å². The molecule has 1 atom stereocenters. The molecule has 0 bridgehead atoms. The van der Waals surface area contributed by atoms with Crippen molar-refractivity contribution in [2.24, 2.45) is 0 Å². The summed E-state index contributed by atoms with van der Waals surface area (Å²) in [6, 6.07) is 21.2. The van der Waals surface area contributed by atoms with Crippen LogP contribution >= 0.6 is 0 Å². The van der Waals surface area contributed by atoms with Gasteiger partial charge in [0.15, 0.2) is 0 Å². The third-order valence-corrected chi connectivity index (χ3v) is 6.03. The zero-order valence-electron chi connectivity index (χ0n) is 18.7. The second-order valence-electron chi connectivity index (χ2n) is 8.41. The van der Waals surface area contributed by atoms with Gasteiger partial charge in [-0.25, -0.2) is 9.37 Å². The van der Waals surface area contributed by atoms with Gasteiger partial charge in [0.1, 0.15) is 11.6 Å². The number of aromatic nitrogens is 3. The Morgan fingerprint density at radius 2 is 1.94 bits per heavy atom. The molecule has 0 spiro atoms. The maximum absolute atomic E-state index is 13.5. The Balaban J connectivity index is 1.31. The molecule has 3 heterocycles. The highest BCUT2D eigenvalue weighted by atomic mass is 19.1. The van der Waals surface area contributed by atoms with Crippen molar-refractivity contribution in [2.45, 2.75) is 25.3 Å². The molecular weight excluding hydrogens is 431 g/mol. The van der Waals surface area contributed by atoms with Crippen LogP contribution in [0.3, 0.4) is 0 Å². The van der Waals surface area contributed by atoms with E-state index in [2.05, 4.69) is 10.1 Å². The number of rotatable bonds is 6. The molecule has 6 nitrogen and oxygen atoms in total. The van der Waals surface area contributed by atoms with Gasteiger partial charge in [0, 0.05) is 54.8 Å². The summed E-state index contributed by atoms with van der Waals surface area (Å²) < 4.78 is 21.1. The lowest BCUT2D eigenvalue weighted by molar-refractivity contribution is 0.0704. The number of carbonyl (C=O) groups excluding carboxylic acids is 1.